The van der Waals surface area contributed by atoms with Gasteiger partial charge in [-0.3, -0.25) is 0 Å². The van der Waals surface area contributed by atoms with Crippen LogP contribution in [-0.2, 0) is 14.6 Å². The van der Waals surface area contributed by atoms with Crippen molar-refractivity contribution in [3.05, 3.63) is 35.9 Å². The minimum Gasteiger partial charge on any atom is -0.385 e. The average molecular weight is 313 g/mol. The van der Waals surface area contributed by atoms with E-state index in [-0.39, 0.29) is 11.8 Å². The largest absolute Gasteiger partial charge is 0.385 e. The molecule has 5 heteroatoms. The second-order valence-electron chi connectivity index (χ2n) is 5.26. The van der Waals surface area contributed by atoms with Gasteiger partial charge in [0.1, 0.15) is 0 Å². The maximum atomic E-state index is 12.5. The fourth-order valence-electron chi connectivity index (χ4n) is 2.31. The first-order chi connectivity index (χ1) is 10.0. The highest BCUT2D eigenvalue weighted by atomic mass is 32.2. The van der Waals surface area contributed by atoms with Gasteiger partial charge >= 0.3 is 0 Å². The lowest BCUT2D eigenvalue weighted by molar-refractivity contribution is 0.199. The summed E-state index contributed by atoms with van der Waals surface area (Å²) in [5.41, 5.74) is 1.02. The summed E-state index contributed by atoms with van der Waals surface area (Å²) in [6.07, 6.45) is 1.51. The number of hydrogen-bond acceptors (Lipinski definition) is 4. The van der Waals surface area contributed by atoms with Crippen molar-refractivity contribution in [2.75, 3.05) is 26.0 Å². The monoisotopic (exact) mass is 313 g/mol. The molecular weight excluding hydrogens is 286 g/mol. The normalized spacial score (nSPS) is 14.8. The van der Waals surface area contributed by atoms with E-state index in [9.17, 15) is 8.42 Å². The quantitative estimate of drug-likeness (QED) is 0.675. The third-order valence-corrected chi connectivity index (χ3v) is 5.85. The molecule has 1 rings (SSSR count). The molecule has 0 aromatic heterocycles. The molecular formula is C16H27NO3S. The second-order valence-corrected chi connectivity index (χ2v) is 7.74. The Hall–Kier alpha value is -0.910. The SMILES string of the molecule is CCCNC(c1ccccc1)C(C)S(=O)(=O)CCCOC. The number of sulfone groups is 1. The van der Waals surface area contributed by atoms with Crippen molar-refractivity contribution in [1.82, 2.24) is 5.32 Å². The summed E-state index contributed by atoms with van der Waals surface area (Å²) in [5.74, 6) is 0.166. The molecule has 120 valence electrons. The van der Waals surface area contributed by atoms with Crippen molar-refractivity contribution in [1.29, 1.82) is 0 Å². The van der Waals surface area contributed by atoms with Gasteiger partial charge in [-0.05, 0) is 31.9 Å². The van der Waals surface area contributed by atoms with Crippen LogP contribution in [0.2, 0.25) is 0 Å². The van der Waals surface area contributed by atoms with Gasteiger partial charge < -0.3 is 10.1 Å². The molecule has 1 aromatic rings. The van der Waals surface area contributed by atoms with E-state index in [2.05, 4.69) is 12.2 Å². The molecule has 0 saturated heterocycles. The summed E-state index contributed by atoms with van der Waals surface area (Å²) in [6.45, 7) is 5.15. The third kappa shape index (κ3) is 5.77. The van der Waals surface area contributed by atoms with Crippen LogP contribution in [0.15, 0.2) is 30.3 Å². The molecule has 0 aliphatic heterocycles. The van der Waals surface area contributed by atoms with E-state index >= 15 is 0 Å². The Bertz CT molecular complexity index is 488. The maximum absolute atomic E-state index is 12.5. The minimum absolute atomic E-state index is 0.166. The van der Waals surface area contributed by atoms with Crippen molar-refractivity contribution < 1.29 is 13.2 Å². The number of methoxy groups -OCH3 is 1. The summed E-state index contributed by atoms with van der Waals surface area (Å²) in [6, 6.07) is 9.63. The average Bonchev–Trinajstić information content (AvgIpc) is 2.48. The number of nitrogens with one attached hydrogen (secondary N) is 1. The Balaban J connectivity index is 2.87. The van der Waals surface area contributed by atoms with Gasteiger partial charge in [0.05, 0.1) is 11.0 Å². The van der Waals surface area contributed by atoms with Crippen LogP contribution in [0.1, 0.15) is 38.3 Å². The molecule has 0 fully saturated rings. The first-order valence-corrected chi connectivity index (χ1v) is 9.23. The first-order valence-electron chi connectivity index (χ1n) is 7.51. The molecule has 0 heterocycles. The van der Waals surface area contributed by atoms with Gasteiger partial charge in [-0.2, -0.15) is 0 Å². The van der Waals surface area contributed by atoms with E-state index in [0.717, 1.165) is 18.5 Å². The third-order valence-electron chi connectivity index (χ3n) is 3.59. The van der Waals surface area contributed by atoms with Gasteiger partial charge in [0, 0.05) is 19.8 Å². The molecule has 0 bridgehead atoms. The number of ether oxygens (including phenoxy) is 1. The second kappa shape index (κ2) is 9.18. The van der Waals surface area contributed by atoms with Crippen molar-refractivity contribution in [2.24, 2.45) is 0 Å². The van der Waals surface area contributed by atoms with E-state index < -0.39 is 15.1 Å². The molecule has 1 aromatic carbocycles. The Kier molecular flexibility index (Phi) is 7.93. The van der Waals surface area contributed by atoms with Crippen molar-refractivity contribution >= 4 is 9.84 Å². The highest BCUT2D eigenvalue weighted by Crippen LogP contribution is 2.23. The van der Waals surface area contributed by atoms with E-state index in [1.165, 1.54) is 0 Å². The van der Waals surface area contributed by atoms with Gasteiger partial charge in [-0.15, -0.1) is 0 Å². The highest BCUT2D eigenvalue weighted by molar-refractivity contribution is 7.92. The summed E-state index contributed by atoms with van der Waals surface area (Å²) in [7, 11) is -1.56. The fourth-order valence-corrected chi connectivity index (χ4v) is 3.87. The molecule has 4 nitrogen and oxygen atoms in total. The van der Waals surface area contributed by atoms with Gasteiger partial charge in [0.15, 0.2) is 9.84 Å². The van der Waals surface area contributed by atoms with Gasteiger partial charge in [0.2, 0.25) is 0 Å². The van der Waals surface area contributed by atoms with Crippen molar-refractivity contribution in [2.45, 2.75) is 38.0 Å². The Labute approximate surface area is 128 Å². The van der Waals surface area contributed by atoms with Crippen LogP contribution in [0.4, 0.5) is 0 Å². The smallest absolute Gasteiger partial charge is 0.154 e. The van der Waals surface area contributed by atoms with Gasteiger partial charge in [-0.25, -0.2) is 8.42 Å². The van der Waals surface area contributed by atoms with Crippen LogP contribution < -0.4 is 5.32 Å². The lowest BCUT2D eigenvalue weighted by Gasteiger charge is -2.25. The molecule has 2 atom stereocenters. The summed E-state index contributed by atoms with van der Waals surface area (Å²) in [5, 5.41) is 2.92. The molecule has 0 spiro atoms. The van der Waals surface area contributed by atoms with Gasteiger partial charge in [-0.1, -0.05) is 37.3 Å². The predicted molar refractivity (Wildman–Crippen MR) is 87.2 cm³/mol. The lowest BCUT2D eigenvalue weighted by Crippen LogP contribution is -2.37. The van der Waals surface area contributed by atoms with Crippen LogP contribution in [0.3, 0.4) is 0 Å². The van der Waals surface area contributed by atoms with Crippen LogP contribution in [0.25, 0.3) is 0 Å². The summed E-state index contributed by atoms with van der Waals surface area (Å²) >= 11 is 0. The molecule has 0 aliphatic carbocycles. The highest BCUT2D eigenvalue weighted by Gasteiger charge is 2.29. The van der Waals surface area contributed by atoms with Crippen molar-refractivity contribution in [3.8, 4) is 0 Å². The minimum atomic E-state index is -3.15. The van der Waals surface area contributed by atoms with Crippen LogP contribution in [0.5, 0.6) is 0 Å². The van der Waals surface area contributed by atoms with Gasteiger partial charge in [0.25, 0.3) is 0 Å². The van der Waals surface area contributed by atoms with E-state index in [0.29, 0.717) is 13.0 Å². The molecule has 1 N–H and O–H groups in total. The number of hydrogen-bond donors (Lipinski definition) is 1. The predicted octanol–water partition coefficient (Wildman–Crippen LogP) is 2.57. The lowest BCUT2D eigenvalue weighted by atomic mass is 10.0. The van der Waals surface area contributed by atoms with E-state index in [1.807, 2.05) is 30.3 Å². The number of benzene rings is 1. The molecule has 0 aliphatic rings. The summed E-state index contributed by atoms with van der Waals surface area (Å²) < 4.78 is 29.9. The molecule has 21 heavy (non-hydrogen) atoms. The molecule has 2 unspecified atom stereocenters. The van der Waals surface area contributed by atoms with Crippen molar-refractivity contribution in [3.63, 3.8) is 0 Å². The fraction of sp³-hybridized carbons (Fsp3) is 0.625. The zero-order valence-corrected chi connectivity index (χ0v) is 14.0. The molecule has 0 radical (unpaired) electrons. The maximum Gasteiger partial charge on any atom is 0.154 e. The van der Waals surface area contributed by atoms with Crippen LogP contribution in [0, 0.1) is 0 Å². The molecule has 0 saturated carbocycles. The Morgan fingerprint density at radius 1 is 1.24 bits per heavy atom. The van der Waals surface area contributed by atoms with Crippen LogP contribution >= 0.6 is 0 Å². The summed E-state index contributed by atoms with van der Waals surface area (Å²) in [4.78, 5) is 0. The topological polar surface area (TPSA) is 55.4 Å². The number of rotatable bonds is 10. The Morgan fingerprint density at radius 3 is 2.48 bits per heavy atom. The first kappa shape index (κ1) is 18.1. The zero-order chi connectivity index (χ0) is 15.7. The van der Waals surface area contributed by atoms with Crippen LogP contribution in [-0.4, -0.2) is 39.7 Å². The standard InChI is InChI=1S/C16H27NO3S/c1-4-11-17-16(15-9-6-5-7-10-15)14(2)21(18,19)13-8-12-20-3/h5-7,9-10,14,16-17H,4,8,11-13H2,1-3H3. The van der Waals surface area contributed by atoms with E-state index in [4.69, 9.17) is 4.74 Å². The zero-order valence-electron chi connectivity index (χ0n) is 13.2. The molecule has 0 amide bonds. The van der Waals surface area contributed by atoms with E-state index in [1.54, 1.807) is 14.0 Å². The Morgan fingerprint density at radius 2 is 1.90 bits per heavy atom.